The van der Waals surface area contributed by atoms with Crippen LogP contribution in [0.1, 0.15) is 49.7 Å². The summed E-state index contributed by atoms with van der Waals surface area (Å²) in [5.41, 5.74) is 2.88. The highest BCUT2D eigenvalue weighted by molar-refractivity contribution is 5.76. The molecule has 3 nitrogen and oxygen atoms in total. The Balaban J connectivity index is 1.30. The fourth-order valence-electron chi connectivity index (χ4n) is 4.71. The molecule has 1 aromatic carbocycles. The number of rotatable bonds is 3. The van der Waals surface area contributed by atoms with Crippen molar-refractivity contribution in [3.63, 3.8) is 0 Å². The van der Waals surface area contributed by atoms with Crippen molar-refractivity contribution in [2.24, 2.45) is 5.92 Å². The molecule has 3 heteroatoms. The zero-order valence-electron chi connectivity index (χ0n) is 13.2. The minimum absolute atomic E-state index is 0.274. The van der Waals surface area contributed by atoms with E-state index in [4.69, 9.17) is 0 Å². The van der Waals surface area contributed by atoms with E-state index < -0.39 is 0 Å². The zero-order valence-corrected chi connectivity index (χ0v) is 13.2. The van der Waals surface area contributed by atoms with E-state index in [1.54, 1.807) is 0 Å². The molecule has 3 aliphatic rings. The van der Waals surface area contributed by atoms with Crippen molar-refractivity contribution >= 4 is 5.91 Å². The van der Waals surface area contributed by atoms with Gasteiger partial charge in [0.25, 0.3) is 0 Å². The number of amides is 1. The molecule has 2 aliphatic heterocycles. The first-order chi connectivity index (χ1) is 10.8. The van der Waals surface area contributed by atoms with Crippen molar-refractivity contribution in [3.05, 3.63) is 35.4 Å². The zero-order chi connectivity index (χ0) is 14.9. The van der Waals surface area contributed by atoms with Crippen molar-refractivity contribution in [1.82, 2.24) is 10.6 Å². The maximum Gasteiger partial charge on any atom is 0.220 e. The van der Waals surface area contributed by atoms with E-state index in [2.05, 4.69) is 34.9 Å². The summed E-state index contributed by atoms with van der Waals surface area (Å²) >= 11 is 0. The largest absolute Gasteiger partial charge is 0.353 e. The average molecular weight is 298 g/mol. The standard InChI is InChI=1S/C19H26N2O/c22-19(11-13-9-16-7-8-17(10-13)20-16)21-18-6-5-14-3-1-2-4-15(14)12-18/h1-4,13,16-18,20H,5-12H2,(H,21,22). The molecular weight excluding hydrogens is 272 g/mol. The summed E-state index contributed by atoms with van der Waals surface area (Å²) in [5, 5.41) is 6.95. The van der Waals surface area contributed by atoms with Crippen LogP contribution in [0.15, 0.2) is 24.3 Å². The summed E-state index contributed by atoms with van der Waals surface area (Å²) in [4.78, 5) is 12.4. The van der Waals surface area contributed by atoms with Crippen molar-refractivity contribution in [2.75, 3.05) is 0 Å². The number of carbonyl (C=O) groups excluding carboxylic acids is 1. The van der Waals surface area contributed by atoms with Gasteiger partial charge in [-0.15, -0.1) is 0 Å². The second kappa shape index (κ2) is 6.04. The molecule has 0 radical (unpaired) electrons. The summed E-state index contributed by atoms with van der Waals surface area (Å²) in [7, 11) is 0. The third kappa shape index (κ3) is 3.05. The maximum absolute atomic E-state index is 12.4. The molecule has 0 saturated carbocycles. The van der Waals surface area contributed by atoms with Gasteiger partial charge < -0.3 is 10.6 Å². The predicted octanol–water partition coefficient (Wildman–Crippen LogP) is 2.58. The molecule has 0 aromatic heterocycles. The van der Waals surface area contributed by atoms with Crippen LogP contribution in [0.5, 0.6) is 0 Å². The summed E-state index contributed by atoms with van der Waals surface area (Å²) in [6.07, 6.45) is 8.91. The van der Waals surface area contributed by atoms with Crippen LogP contribution in [0.2, 0.25) is 0 Å². The first kappa shape index (κ1) is 14.3. The predicted molar refractivity (Wildman–Crippen MR) is 87.7 cm³/mol. The van der Waals surface area contributed by atoms with Gasteiger partial charge in [0.1, 0.15) is 0 Å². The van der Waals surface area contributed by atoms with E-state index in [1.165, 1.54) is 36.8 Å². The van der Waals surface area contributed by atoms with Gasteiger partial charge in [-0.2, -0.15) is 0 Å². The summed E-state index contributed by atoms with van der Waals surface area (Å²) < 4.78 is 0. The lowest BCUT2D eigenvalue weighted by molar-refractivity contribution is -0.123. The molecule has 2 bridgehead atoms. The van der Waals surface area contributed by atoms with Gasteiger partial charge in [-0.1, -0.05) is 24.3 Å². The van der Waals surface area contributed by atoms with E-state index in [9.17, 15) is 4.79 Å². The van der Waals surface area contributed by atoms with E-state index in [1.807, 2.05) is 0 Å². The average Bonchev–Trinajstić information content (AvgIpc) is 2.86. The highest BCUT2D eigenvalue weighted by Crippen LogP contribution is 2.32. The molecule has 2 saturated heterocycles. The quantitative estimate of drug-likeness (QED) is 0.900. The highest BCUT2D eigenvalue weighted by atomic mass is 16.1. The van der Waals surface area contributed by atoms with Gasteiger partial charge in [-0.05, 0) is 62.0 Å². The Labute approximate surface area is 132 Å². The fourth-order valence-corrected chi connectivity index (χ4v) is 4.71. The lowest BCUT2D eigenvalue weighted by atomic mass is 9.87. The SMILES string of the molecule is O=C(CC1CC2CCC(C1)N2)NC1CCc2ccccc2C1. The molecule has 22 heavy (non-hydrogen) atoms. The first-order valence-corrected chi connectivity index (χ1v) is 8.88. The van der Waals surface area contributed by atoms with Crippen molar-refractivity contribution < 1.29 is 4.79 Å². The molecule has 4 rings (SSSR count). The molecule has 2 N–H and O–H groups in total. The van der Waals surface area contributed by atoms with Crippen LogP contribution in [-0.2, 0) is 17.6 Å². The Bertz CT molecular complexity index is 544. The number of hydrogen-bond acceptors (Lipinski definition) is 2. The van der Waals surface area contributed by atoms with E-state index in [0.29, 0.717) is 24.0 Å². The Morgan fingerprint density at radius 3 is 2.59 bits per heavy atom. The van der Waals surface area contributed by atoms with E-state index in [-0.39, 0.29) is 5.91 Å². The molecule has 1 aliphatic carbocycles. The Morgan fingerprint density at radius 2 is 1.82 bits per heavy atom. The number of nitrogens with one attached hydrogen (secondary N) is 2. The molecule has 3 unspecified atom stereocenters. The van der Waals surface area contributed by atoms with Crippen LogP contribution in [-0.4, -0.2) is 24.0 Å². The van der Waals surface area contributed by atoms with Gasteiger partial charge >= 0.3 is 0 Å². The minimum atomic E-state index is 0.274. The molecular formula is C19H26N2O. The Kier molecular flexibility index (Phi) is 3.91. The van der Waals surface area contributed by atoms with Crippen molar-refractivity contribution in [1.29, 1.82) is 0 Å². The number of piperidine rings is 1. The molecule has 1 amide bonds. The van der Waals surface area contributed by atoms with Gasteiger partial charge in [-0.25, -0.2) is 0 Å². The van der Waals surface area contributed by atoms with Gasteiger partial charge in [-0.3, -0.25) is 4.79 Å². The summed E-state index contributed by atoms with van der Waals surface area (Å²) in [5.74, 6) is 0.866. The third-order valence-electron chi connectivity index (χ3n) is 5.76. The molecule has 2 heterocycles. The summed E-state index contributed by atoms with van der Waals surface area (Å²) in [6, 6.07) is 10.3. The lowest BCUT2D eigenvalue weighted by Crippen LogP contribution is -2.42. The van der Waals surface area contributed by atoms with E-state index in [0.717, 1.165) is 25.7 Å². The Morgan fingerprint density at radius 1 is 1.09 bits per heavy atom. The topological polar surface area (TPSA) is 41.1 Å². The number of benzene rings is 1. The molecule has 3 atom stereocenters. The molecule has 0 spiro atoms. The molecule has 2 fully saturated rings. The highest BCUT2D eigenvalue weighted by Gasteiger charge is 2.34. The third-order valence-corrected chi connectivity index (χ3v) is 5.76. The number of carbonyl (C=O) groups is 1. The molecule has 118 valence electrons. The molecule has 1 aromatic rings. The Hall–Kier alpha value is -1.35. The summed E-state index contributed by atoms with van der Waals surface area (Å²) in [6.45, 7) is 0. The first-order valence-electron chi connectivity index (χ1n) is 8.88. The lowest BCUT2D eigenvalue weighted by Gasteiger charge is -2.30. The minimum Gasteiger partial charge on any atom is -0.353 e. The van der Waals surface area contributed by atoms with Crippen molar-refractivity contribution in [3.8, 4) is 0 Å². The second-order valence-electron chi connectivity index (χ2n) is 7.46. The van der Waals surface area contributed by atoms with Gasteiger partial charge in [0, 0.05) is 24.5 Å². The van der Waals surface area contributed by atoms with Crippen LogP contribution < -0.4 is 10.6 Å². The number of aryl methyl sites for hydroxylation is 1. The maximum atomic E-state index is 12.4. The van der Waals surface area contributed by atoms with Crippen LogP contribution in [0.25, 0.3) is 0 Å². The van der Waals surface area contributed by atoms with E-state index >= 15 is 0 Å². The monoisotopic (exact) mass is 298 g/mol. The smallest absolute Gasteiger partial charge is 0.220 e. The fraction of sp³-hybridized carbons (Fsp3) is 0.632. The normalized spacial score (nSPS) is 33.3. The van der Waals surface area contributed by atoms with Gasteiger partial charge in [0.05, 0.1) is 0 Å². The van der Waals surface area contributed by atoms with Gasteiger partial charge in [0.2, 0.25) is 5.91 Å². The van der Waals surface area contributed by atoms with Crippen LogP contribution >= 0.6 is 0 Å². The second-order valence-corrected chi connectivity index (χ2v) is 7.46. The van der Waals surface area contributed by atoms with Crippen LogP contribution in [0, 0.1) is 5.92 Å². The van der Waals surface area contributed by atoms with Crippen LogP contribution in [0.4, 0.5) is 0 Å². The number of fused-ring (bicyclic) bond motifs is 3. The van der Waals surface area contributed by atoms with Crippen molar-refractivity contribution in [2.45, 2.75) is 69.5 Å². The number of hydrogen-bond donors (Lipinski definition) is 2. The van der Waals surface area contributed by atoms with Crippen LogP contribution in [0.3, 0.4) is 0 Å². The van der Waals surface area contributed by atoms with Gasteiger partial charge in [0.15, 0.2) is 0 Å².